The average molecular weight is 955 g/mol. The first-order valence-corrected chi connectivity index (χ1v) is 24.8. The van der Waals surface area contributed by atoms with E-state index in [2.05, 4.69) is 22.1 Å². The van der Waals surface area contributed by atoms with E-state index in [1.54, 1.807) is 12.1 Å². The normalized spacial score (nSPS) is 16.4. The molecule has 0 saturated heterocycles. The number of nitrogens with one attached hydrogen (secondary N) is 1. The molecule has 0 spiro atoms. The number of hydrogen-bond acceptors (Lipinski definition) is 9. The number of carbonyl (C=O) groups excluding carboxylic acids is 2. The Bertz CT molecular complexity index is 2930. The van der Waals surface area contributed by atoms with E-state index in [0.29, 0.717) is 50.9 Å². The van der Waals surface area contributed by atoms with Crippen molar-refractivity contribution in [3.8, 4) is 11.8 Å². The van der Waals surface area contributed by atoms with E-state index in [-0.39, 0.29) is 73.0 Å². The van der Waals surface area contributed by atoms with Crippen molar-refractivity contribution < 1.29 is 91.5 Å². The van der Waals surface area contributed by atoms with Crippen LogP contribution in [0.15, 0.2) is 119 Å². The van der Waals surface area contributed by atoms with Gasteiger partial charge in [-0.15, -0.1) is 0 Å². The molecule has 0 aliphatic carbocycles. The van der Waals surface area contributed by atoms with Gasteiger partial charge in [0.05, 0.1) is 27.4 Å². The molecule has 0 bridgehead atoms. The second-order valence-corrected chi connectivity index (χ2v) is 20.7. The van der Waals surface area contributed by atoms with Crippen molar-refractivity contribution in [2.24, 2.45) is 0 Å². The zero-order valence-corrected chi connectivity index (χ0v) is 43.3. The maximum atomic E-state index is 13.5. The van der Waals surface area contributed by atoms with Crippen LogP contribution in [0.4, 0.5) is 17.1 Å². The second-order valence-electron chi connectivity index (χ2n) is 17.9. The first kappa shape index (κ1) is 51.2. The first-order chi connectivity index (χ1) is 30.8. The van der Waals surface area contributed by atoms with Crippen molar-refractivity contribution in [3.63, 3.8) is 0 Å². The van der Waals surface area contributed by atoms with E-state index in [9.17, 15) is 35.5 Å². The number of carbonyl (C=O) groups is 2. The minimum Gasteiger partial charge on any atom is -0.744 e. The first-order valence-electron chi connectivity index (χ1n) is 22.0. The van der Waals surface area contributed by atoms with Gasteiger partial charge in [0, 0.05) is 71.6 Å². The molecule has 4 aromatic carbocycles. The van der Waals surface area contributed by atoms with Crippen LogP contribution in [0.5, 0.6) is 0 Å². The summed E-state index contributed by atoms with van der Waals surface area (Å²) in [6, 6.07) is 24.6. The standard InChI is InChI=1S/C51H56N4O8S2.K/c1-50(2)41-33-39(64(58,59)60)27-29-44(41)53(5)46(50)21-16-22-47-51(3,4)42-34-40(65(61,62)63)28-30-45(42)54(47)32-15-7-8-23-48(56)52-31-14-6-9-24-49(57)55-35-38-19-11-10-17-36(38)25-26-37-18-12-13-20-43(37)55;/h10-13,16-22,27-30,33-34H,6-9,14-15,23-24,31-32,35H2,1-5H3,(H2-,52,56,58,59,60,61,62,63);/q;+1/p-1. The van der Waals surface area contributed by atoms with Gasteiger partial charge in [0.25, 0.3) is 0 Å². The summed E-state index contributed by atoms with van der Waals surface area (Å²) in [6.45, 7) is 9.49. The molecular formula is C51H55KN4O8S2. The van der Waals surface area contributed by atoms with Gasteiger partial charge >= 0.3 is 51.4 Å². The summed E-state index contributed by atoms with van der Waals surface area (Å²) in [5.41, 5.74) is 7.10. The van der Waals surface area contributed by atoms with Gasteiger partial charge in [-0.3, -0.25) is 9.59 Å². The molecule has 15 heteroatoms. The Balaban J connectivity index is 0.00000720. The maximum absolute atomic E-state index is 13.5. The molecule has 3 aliphatic heterocycles. The zero-order chi connectivity index (χ0) is 46.7. The van der Waals surface area contributed by atoms with E-state index in [1.165, 1.54) is 24.3 Å². The zero-order valence-electron chi connectivity index (χ0n) is 38.5. The van der Waals surface area contributed by atoms with Gasteiger partial charge in [0.15, 0.2) is 5.71 Å². The monoisotopic (exact) mass is 954 g/mol. The molecule has 66 heavy (non-hydrogen) atoms. The van der Waals surface area contributed by atoms with E-state index in [1.807, 2.05) is 111 Å². The molecule has 12 nitrogen and oxygen atoms in total. The van der Waals surface area contributed by atoms with E-state index in [4.69, 9.17) is 0 Å². The van der Waals surface area contributed by atoms with Crippen LogP contribution < -0.4 is 66.5 Å². The Morgan fingerprint density at radius 1 is 0.742 bits per heavy atom. The maximum Gasteiger partial charge on any atom is 1.00 e. The van der Waals surface area contributed by atoms with Gasteiger partial charge in [-0.2, -0.15) is 4.58 Å². The van der Waals surface area contributed by atoms with Crippen LogP contribution in [0, 0.1) is 11.8 Å². The molecule has 0 saturated carbocycles. The fourth-order valence-corrected chi connectivity index (χ4v) is 10.2. The number of para-hydroxylation sites is 1. The number of rotatable bonds is 16. The van der Waals surface area contributed by atoms with Crippen molar-refractivity contribution in [1.82, 2.24) is 5.32 Å². The summed E-state index contributed by atoms with van der Waals surface area (Å²) in [5, 5.41) is 3.03. The fourth-order valence-electron chi connectivity index (χ4n) is 9.22. The summed E-state index contributed by atoms with van der Waals surface area (Å²) in [5.74, 6) is 6.52. The topological polar surface area (TPSA) is 170 Å². The van der Waals surface area contributed by atoms with Crippen molar-refractivity contribution in [2.45, 2.75) is 106 Å². The summed E-state index contributed by atoms with van der Waals surface area (Å²) in [6.07, 6.45) is 11.1. The fraction of sp³-hybridized carbons (Fsp3) is 0.353. The van der Waals surface area contributed by atoms with Crippen LogP contribution in [-0.2, 0) is 47.2 Å². The van der Waals surface area contributed by atoms with E-state index >= 15 is 0 Å². The number of nitrogens with zero attached hydrogens (tertiary/aromatic N) is 3. The van der Waals surface area contributed by atoms with Crippen LogP contribution >= 0.6 is 0 Å². The largest absolute Gasteiger partial charge is 1.00 e. The number of allylic oxidation sites excluding steroid dienone is 4. The predicted octanol–water partition coefficient (Wildman–Crippen LogP) is 4.93. The van der Waals surface area contributed by atoms with Crippen molar-refractivity contribution in [3.05, 3.63) is 137 Å². The third kappa shape index (κ3) is 11.2. The molecule has 3 aliphatic rings. The summed E-state index contributed by atoms with van der Waals surface area (Å²) in [7, 11) is -7.44. The number of benzene rings is 4. The average Bonchev–Trinajstić information content (AvgIpc) is 3.58. The summed E-state index contributed by atoms with van der Waals surface area (Å²) >= 11 is 0. The Morgan fingerprint density at radius 2 is 1.36 bits per heavy atom. The molecule has 7 rings (SSSR count). The third-order valence-corrected chi connectivity index (χ3v) is 14.5. The van der Waals surface area contributed by atoms with E-state index < -0.39 is 31.1 Å². The molecule has 2 amide bonds. The molecule has 0 radical (unpaired) electrons. The molecule has 0 atom stereocenters. The number of unbranched alkanes of at least 4 members (excludes halogenated alkanes) is 4. The molecule has 340 valence electrons. The Labute approximate surface area is 432 Å². The quantitative estimate of drug-likeness (QED) is 0.0539. The minimum absolute atomic E-state index is 0. The smallest absolute Gasteiger partial charge is 0.744 e. The molecule has 3 heterocycles. The van der Waals surface area contributed by atoms with Crippen LogP contribution in [0.2, 0.25) is 0 Å². The van der Waals surface area contributed by atoms with Crippen LogP contribution in [0.1, 0.15) is 107 Å². The molecule has 0 unspecified atom stereocenters. The SMILES string of the molecule is C[N+]1=C(C=CC=C2N(CCCCCC(=O)NCCCCCC(=O)N3Cc4ccccc4C#Cc4ccccc43)c3ccc(S(=O)(=O)[O-])cc3C2(C)C)C(C)(C)c2cc(S(=O)(=O)[O-])ccc21.[K+]. The van der Waals surface area contributed by atoms with E-state index in [0.717, 1.165) is 76.4 Å². The number of anilines is 2. The van der Waals surface area contributed by atoms with Crippen molar-refractivity contribution >= 4 is 54.8 Å². The Hall–Kier alpha value is -4.21. The van der Waals surface area contributed by atoms with Gasteiger partial charge in [-0.1, -0.05) is 74.9 Å². The minimum atomic E-state index is -4.69. The van der Waals surface area contributed by atoms with Gasteiger partial charge in [0.1, 0.15) is 27.3 Å². The third-order valence-electron chi connectivity index (χ3n) is 12.8. The summed E-state index contributed by atoms with van der Waals surface area (Å²) in [4.78, 5) is 29.7. The van der Waals surface area contributed by atoms with Gasteiger partial charge < -0.3 is 24.2 Å². The molecular weight excluding hydrogens is 900 g/mol. The molecule has 0 fully saturated rings. The Kier molecular flexibility index (Phi) is 16.3. The number of amides is 2. The van der Waals surface area contributed by atoms with Crippen LogP contribution in [-0.4, -0.2) is 68.2 Å². The van der Waals surface area contributed by atoms with Gasteiger partial charge in [0.2, 0.25) is 17.5 Å². The van der Waals surface area contributed by atoms with Crippen LogP contribution in [0.25, 0.3) is 0 Å². The number of fused-ring (bicyclic) bond motifs is 4. The summed E-state index contributed by atoms with van der Waals surface area (Å²) < 4.78 is 73.6. The Morgan fingerprint density at radius 3 is 2.09 bits per heavy atom. The second kappa shape index (κ2) is 21.0. The van der Waals surface area contributed by atoms with Crippen molar-refractivity contribution in [2.75, 3.05) is 29.9 Å². The van der Waals surface area contributed by atoms with Crippen molar-refractivity contribution in [1.29, 1.82) is 0 Å². The molecule has 1 N–H and O–H groups in total. The molecule has 4 aromatic rings. The number of hydrogen-bond donors (Lipinski definition) is 1. The van der Waals surface area contributed by atoms with Gasteiger partial charge in [-0.05, 0) is 105 Å². The van der Waals surface area contributed by atoms with Crippen LogP contribution in [0.3, 0.4) is 0 Å². The predicted molar refractivity (Wildman–Crippen MR) is 250 cm³/mol. The van der Waals surface area contributed by atoms with Gasteiger partial charge in [-0.25, -0.2) is 16.8 Å². The molecule has 0 aromatic heterocycles.